The predicted octanol–water partition coefficient (Wildman–Crippen LogP) is 2.31. The third-order valence-corrected chi connectivity index (χ3v) is 5.17. The van der Waals surface area contributed by atoms with Crippen LogP contribution in [0.2, 0.25) is 0 Å². The summed E-state index contributed by atoms with van der Waals surface area (Å²) >= 11 is 0. The van der Waals surface area contributed by atoms with E-state index in [1.807, 2.05) is 24.3 Å². The second-order valence-electron chi connectivity index (χ2n) is 7.05. The minimum absolute atomic E-state index is 0.0324. The Morgan fingerprint density at radius 2 is 1.88 bits per heavy atom. The van der Waals surface area contributed by atoms with Gasteiger partial charge in [-0.1, -0.05) is 36.4 Å². The molecule has 1 aliphatic carbocycles. The summed E-state index contributed by atoms with van der Waals surface area (Å²) in [5.41, 5.74) is 1.80. The number of ketones is 1. The number of imide groups is 1. The van der Waals surface area contributed by atoms with E-state index < -0.39 is 5.92 Å². The van der Waals surface area contributed by atoms with Crippen LogP contribution >= 0.6 is 0 Å². The zero-order valence-corrected chi connectivity index (χ0v) is 15.0. The smallest absolute Gasteiger partial charge is 0.243 e. The number of aryl methyl sites for hydroxylation is 1. The van der Waals surface area contributed by atoms with Crippen LogP contribution in [0.4, 0.5) is 0 Å². The van der Waals surface area contributed by atoms with E-state index in [1.165, 1.54) is 5.56 Å². The molecule has 1 fully saturated rings. The molecule has 1 unspecified atom stereocenters. The number of carbonyl (C=O) groups excluding carboxylic acids is 3. The molecule has 1 saturated heterocycles. The first kappa shape index (κ1) is 18.5. The van der Waals surface area contributed by atoms with Crippen molar-refractivity contribution in [1.29, 1.82) is 0 Å². The van der Waals surface area contributed by atoms with Gasteiger partial charge < -0.3 is 5.32 Å². The van der Waals surface area contributed by atoms with Crippen molar-refractivity contribution in [1.82, 2.24) is 10.6 Å². The summed E-state index contributed by atoms with van der Waals surface area (Å²) in [6.07, 6.45) is 6.94. The fourth-order valence-corrected chi connectivity index (χ4v) is 3.73. The quantitative estimate of drug-likeness (QED) is 0.737. The van der Waals surface area contributed by atoms with E-state index in [-0.39, 0.29) is 23.6 Å². The van der Waals surface area contributed by atoms with E-state index >= 15 is 0 Å². The van der Waals surface area contributed by atoms with E-state index in [9.17, 15) is 14.4 Å². The number of amides is 2. The van der Waals surface area contributed by atoms with E-state index in [0.29, 0.717) is 24.8 Å². The molecule has 0 spiro atoms. The van der Waals surface area contributed by atoms with Gasteiger partial charge in [0.25, 0.3) is 0 Å². The Labute approximate surface area is 154 Å². The van der Waals surface area contributed by atoms with Crippen molar-refractivity contribution in [2.75, 3.05) is 6.54 Å². The molecular weight excluding hydrogens is 328 g/mol. The molecule has 1 aromatic rings. The average Bonchev–Trinajstić information content (AvgIpc) is 3.34. The molecule has 3 rings (SSSR count). The van der Waals surface area contributed by atoms with Crippen LogP contribution in [0.25, 0.3) is 0 Å². The molecule has 0 saturated carbocycles. The normalized spacial score (nSPS) is 22.1. The largest absolute Gasteiger partial charge is 0.306 e. The average molecular weight is 354 g/mol. The molecule has 0 aromatic heterocycles. The van der Waals surface area contributed by atoms with Crippen LogP contribution in [-0.2, 0) is 20.8 Å². The Bertz CT molecular complexity index is 690. The van der Waals surface area contributed by atoms with E-state index in [1.54, 1.807) is 0 Å². The number of nitrogens with one attached hydrogen (secondary N) is 2. The minimum Gasteiger partial charge on any atom is -0.306 e. The molecule has 2 atom stereocenters. The fraction of sp³-hybridized carbons (Fsp3) is 0.476. The van der Waals surface area contributed by atoms with E-state index in [2.05, 4.69) is 22.8 Å². The van der Waals surface area contributed by atoms with Crippen LogP contribution in [0.5, 0.6) is 0 Å². The molecule has 2 aliphatic rings. The molecule has 1 heterocycles. The van der Waals surface area contributed by atoms with Crippen molar-refractivity contribution in [3.05, 3.63) is 47.5 Å². The first-order valence-corrected chi connectivity index (χ1v) is 9.50. The third-order valence-electron chi connectivity index (χ3n) is 5.17. The highest BCUT2D eigenvalue weighted by molar-refractivity contribution is 6.06. The lowest BCUT2D eigenvalue weighted by Crippen LogP contribution is -2.45. The zero-order chi connectivity index (χ0) is 18.4. The van der Waals surface area contributed by atoms with Crippen LogP contribution in [0.1, 0.15) is 44.1 Å². The zero-order valence-electron chi connectivity index (χ0n) is 15.0. The number of hydrogen-bond acceptors (Lipinski definition) is 4. The number of Topliss-reactive ketones (excluding diaryl/α,β-unsaturated/α-hetero) is 1. The molecule has 2 amide bonds. The topological polar surface area (TPSA) is 75.3 Å². The summed E-state index contributed by atoms with van der Waals surface area (Å²) in [6.45, 7) is 0.806. The lowest BCUT2D eigenvalue weighted by molar-refractivity contribution is -0.133. The molecule has 0 radical (unpaired) electrons. The van der Waals surface area contributed by atoms with Crippen LogP contribution < -0.4 is 10.6 Å². The van der Waals surface area contributed by atoms with Gasteiger partial charge in [-0.3, -0.25) is 19.7 Å². The van der Waals surface area contributed by atoms with Crippen LogP contribution in [0.3, 0.4) is 0 Å². The SMILES string of the molecule is O=C(CCCc1ccccc1)C1=CCCC1C(=O)NC(=O)[C@H]1CCCN1. The Morgan fingerprint density at radius 1 is 1.08 bits per heavy atom. The maximum atomic E-state index is 12.5. The number of allylic oxidation sites excluding steroid dienone is 1. The lowest BCUT2D eigenvalue weighted by Gasteiger charge is -2.16. The molecule has 1 aromatic carbocycles. The van der Waals surface area contributed by atoms with Crippen LogP contribution in [-0.4, -0.2) is 30.2 Å². The highest BCUT2D eigenvalue weighted by atomic mass is 16.2. The van der Waals surface area contributed by atoms with Crippen molar-refractivity contribution in [3.8, 4) is 0 Å². The van der Waals surface area contributed by atoms with Gasteiger partial charge in [0.2, 0.25) is 11.8 Å². The maximum absolute atomic E-state index is 12.5. The van der Waals surface area contributed by atoms with E-state index in [0.717, 1.165) is 32.2 Å². The molecule has 0 bridgehead atoms. The van der Waals surface area contributed by atoms with Crippen LogP contribution in [0, 0.1) is 5.92 Å². The summed E-state index contributed by atoms with van der Waals surface area (Å²) in [4.78, 5) is 37.1. The van der Waals surface area contributed by atoms with Gasteiger partial charge in [-0.05, 0) is 50.6 Å². The maximum Gasteiger partial charge on any atom is 0.243 e. The predicted molar refractivity (Wildman–Crippen MR) is 99.4 cm³/mol. The molecule has 138 valence electrons. The molecule has 1 aliphatic heterocycles. The second kappa shape index (κ2) is 8.90. The van der Waals surface area contributed by atoms with Crippen LogP contribution in [0.15, 0.2) is 42.0 Å². The third kappa shape index (κ3) is 4.67. The Morgan fingerprint density at radius 3 is 2.62 bits per heavy atom. The summed E-state index contributed by atoms with van der Waals surface area (Å²) < 4.78 is 0. The first-order chi connectivity index (χ1) is 12.6. The standard InChI is InChI=1S/C21H26N2O3/c24-19(13-4-9-15-7-2-1-3-8-15)16-10-5-11-17(16)20(25)23-21(26)18-12-6-14-22-18/h1-3,7-8,10,17-18,22H,4-6,9,11-14H2,(H,23,25,26)/t17?,18-/m1/s1. The van der Waals surface area contributed by atoms with Crippen molar-refractivity contribution in [2.45, 2.75) is 51.0 Å². The summed E-state index contributed by atoms with van der Waals surface area (Å²) in [7, 11) is 0. The van der Waals surface area contributed by atoms with Gasteiger partial charge in [0.15, 0.2) is 5.78 Å². The molecule has 5 nitrogen and oxygen atoms in total. The van der Waals surface area contributed by atoms with Gasteiger partial charge >= 0.3 is 0 Å². The lowest BCUT2D eigenvalue weighted by atomic mass is 9.94. The summed E-state index contributed by atoms with van der Waals surface area (Å²) in [5.74, 6) is -1.05. The molecule has 5 heteroatoms. The number of hydrogen-bond donors (Lipinski definition) is 2. The summed E-state index contributed by atoms with van der Waals surface area (Å²) in [5, 5.41) is 5.58. The van der Waals surface area contributed by atoms with E-state index in [4.69, 9.17) is 0 Å². The van der Waals surface area contributed by atoms with Gasteiger partial charge in [0.05, 0.1) is 12.0 Å². The fourth-order valence-electron chi connectivity index (χ4n) is 3.73. The highest BCUT2D eigenvalue weighted by Gasteiger charge is 2.33. The molecule has 2 N–H and O–H groups in total. The Hall–Kier alpha value is -2.27. The highest BCUT2D eigenvalue weighted by Crippen LogP contribution is 2.28. The Balaban J connectivity index is 1.49. The number of rotatable bonds is 7. The monoisotopic (exact) mass is 354 g/mol. The van der Waals surface area contributed by atoms with Gasteiger partial charge in [-0.15, -0.1) is 0 Å². The van der Waals surface area contributed by atoms with Gasteiger partial charge in [0, 0.05) is 12.0 Å². The van der Waals surface area contributed by atoms with Crippen molar-refractivity contribution >= 4 is 17.6 Å². The Kier molecular flexibility index (Phi) is 6.34. The van der Waals surface area contributed by atoms with Gasteiger partial charge in [-0.2, -0.15) is 0 Å². The van der Waals surface area contributed by atoms with Gasteiger partial charge in [0.1, 0.15) is 0 Å². The number of benzene rings is 1. The second-order valence-corrected chi connectivity index (χ2v) is 7.05. The van der Waals surface area contributed by atoms with Gasteiger partial charge in [-0.25, -0.2) is 0 Å². The van der Waals surface area contributed by atoms with Crippen molar-refractivity contribution < 1.29 is 14.4 Å². The first-order valence-electron chi connectivity index (χ1n) is 9.50. The molecule has 26 heavy (non-hydrogen) atoms. The van der Waals surface area contributed by atoms with Crippen molar-refractivity contribution in [3.63, 3.8) is 0 Å². The summed E-state index contributed by atoms with van der Waals surface area (Å²) in [6, 6.07) is 9.79. The minimum atomic E-state index is -0.482. The number of carbonyl (C=O) groups is 3. The molecular formula is C21H26N2O3. The van der Waals surface area contributed by atoms with Crippen molar-refractivity contribution in [2.24, 2.45) is 5.92 Å².